The summed E-state index contributed by atoms with van der Waals surface area (Å²) in [5.41, 5.74) is 6.47. The highest BCUT2D eigenvalue weighted by molar-refractivity contribution is 9.10. The van der Waals surface area contributed by atoms with Crippen molar-refractivity contribution in [2.45, 2.75) is 19.9 Å². The van der Waals surface area contributed by atoms with E-state index in [0.717, 1.165) is 4.47 Å². The SMILES string of the molecule is CC(C)C(C(N)=S)N1C(=O)c2ccc(Br)cc2C1=O. The molecular weight excluding hydrogens is 328 g/mol. The number of hydrogen-bond acceptors (Lipinski definition) is 3. The lowest BCUT2D eigenvalue weighted by Gasteiger charge is -2.28. The lowest BCUT2D eigenvalue weighted by molar-refractivity contribution is 0.0598. The highest BCUT2D eigenvalue weighted by Crippen LogP contribution is 2.29. The van der Waals surface area contributed by atoms with E-state index in [1.54, 1.807) is 18.2 Å². The van der Waals surface area contributed by atoms with E-state index in [1.165, 1.54) is 4.90 Å². The van der Waals surface area contributed by atoms with Crippen molar-refractivity contribution >= 4 is 45.0 Å². The standard InChI is InChI=1S/C13H13BrN2O2S/c1-6(2)10(11(15)19)16-12(17)8-4-3-7(14)5-9(8)13(16)18/h3-6,10H,1-2H3,(H2,15,19). The van der Waals surface area contributed by atoms with Gasteiger partial charge in [0.05, 0.1) is 22.2 Å². The molecule has 0 saturated carbocycles. The number of hydrogen-bond donors (Lipinski definition) is 1. The van der Waals surface area contributed by atoms with E-state index in [4.69, 9.17) is 18.0 Å². The summed E-state index contributed by atoms with van der Waals surface area (Å²) in [6.45, 7) is 3.76. The van der Waals surface area contributed by atoms with E-state index in [9.17, 15) is 9.59 Å². The number of amides is 2. The maximum Gasteiger partial charge on any atom is 0.262 e. The summed E-state index contributed by atoms with van der Waals surface area (Å²) in [6.07, 6.45) is 0. The van der Waals surface area contributed by atoms with Crippen molar-refractivity contribution in [1.29, 1.82) is 0 Å². The number of thiocarbonyl (C=S) groups is 1. The van der Waals surface area contributed by atoms with E-state index in [-0.39, 0.29) is 22.7 Å². The molecule has 2 N–H and O–H groups in total. The van der Waals surface area contributed by atoms with Crippen LogP contribution in [0.2, 0.25) is 0 Å². The third-order valence-corrected chi connectivity index (χ3v) is 3.82. The summed E-state index contributed by atoms with van der Waals surface area (Å²) in [5.74, 6) is -0.699. The summed E-state index contributed by atoms with van der Waals surface area (Å²) in [5, 5.41) is 0. The van der Waals surface area contributed by atoms with Crippen molar-refractivity contribution in [2.24, 2.45) is 11.7 Å². The lowest BCUT2D eigenvalue weighted by atomic mass is 10.0. The molecule has 4 nitrogen and oxygen atoms in total. The molecule has 1 aliphatic rings. The quantitative estimate of drug-likeness (QED) is 0.677. The Morgan fingerprint density at radius 1 is 1.26 bits per heavy atom. The smallest absolute Gasteiger partial charge is 0.262 e. The Labute approximate surface area is 125 Å². The monoisotopic (exact) mass is 340 g/mol. The van der Waals surface area contributed by atoms with Crippen LogP contribution >= 0.6 is 28.1 Å². The zero-order valence-electron chi connectivity index (χ0n) is 10.5. The van der Waals surface area contributed by atoms with Crippen LogP contribution in [-0.2, 0) is 0 Å². The van der Waals surface area contributed by atoms with E-state index >= 15 is 0 Å². The Bertz CT molecular complexity index is 586. The van der Waals surface area contributed by atoms with Gasteiger partial charge in [0, 0.05) is 4.47 Å². The zero-order valence-corrected chi connectivity index (χ0v) is 12.9. The Kier molecular flexibility index (Phi) is 3.73. The second-order valence-corrected chi connectivity index (χ2v) is 6.15. The van der Waals surface area contributed by atoms with Gasteiger partial charge in [0.1, 0.15) is 0 Å². The molecule has 2 amide bonds. The lowest BCUT2D eigenvalue weighted by Crippen LogP contribution is -2.49. The first-order valence-electron chi connectivity index (χ1n) is 5.81. The maximum atomic E-state index is 12.4. The van der Waals surface area contributed by atoms with E-state index < -0.39 is 6.04 Å². The fourth-order valence-electron chi connectivity index (χ4n) is 2.24. The van der Waals surface area contributed by atoms with Crippen LogP contribution in [0.1, 0.15) is 34.6 Å². The number of rotatable bonds is 3. The van der Waals surface area contributed by atoms with Gasteiger partial charge in [-0.2, -0.15) is 0 Å². The fourth-order valence-corrected chi connectivity index (χ4v) is 2.98. The molecule has 1 aliphatic heterocycles. The summed E-state index contributed by atoms with van der Waals surface area (Å²) >= 11 is 8.29. The number of fused-ring (bicyclic) bond motifs is 1. The second-order valence-electron chi connectivity index (χ2n) is 4.76. The van der Waals surface area contributed by atoms with Crippen LogP contribution in [0.4, 0.5) is 0 Å². The van der Waals surface area contributed by atoms with Crippen LogP contribution in [0.15, 0.2) is 22.7 Å². The number of halogens is 1. The largest absolute Gasteiger partial charge is 0.392 e. The van der Waals surface area contributed by atoms with Gasteiger partial charge >= 0.3 is 0 Å². The summed E-state index contributed by atoms with van der Waals surface area (Å²) < 4.78 is 0.755. The first-order valence-corrected chi connectivity index (χ1v) is 7.01. The molecule has 100 valence electrons. The van der Waals surface area contributed by atoms with Crippen molar-refractivity contribution < 1.29 is 9.59 Å². The molecule has 1 aromatic carbocycles. The van der Waals surface area contributed by atoms with Gasteiger partial charge in [-0.1, -0.05) is 42.0 Å². The van der Waals surface area contributed by atoms with Gasteiger partial charge in [-0.15, -0.1) is 0 Å². The maximum absolute atomic E-state index is 12.4. The molecule has 1 aromatic rings. The van der Waals surface area contributed by atoms with Crippen LogP contribution in [0.5, 0.6) is 0 Å². The summed E-state index contributed by atoms with van der Waals surface area (Å²) in [6, 6.07) is 4.46. The van der Waals surface area contributed by atoms with Crippen molar-refractivity contribution in [1.82, 2.24) is 4.90 Å². The molecule has 6 heteroatoms. The fraction of sp³-hybridized carbons (Fsp3) is 0.308. The zero-order chi connectivity index (χ0) is 14.3. The number of nitrogens with two attached hydrogens (primary N) is 1. The molecule has 1 unspecified atom stereocenters. The number of imide groups is 1. The van der Waals surface area contributed by atoms with E-state index in [1.807, 2.05) is 13.8 Å². The van der Waals surface area contributed by atoms with Crippen LogP contribution < -0.4 is 5.73 Å². The van der Waals surface area contributed by atoms with Gasteiger partial charge in [-0.25, -0.2) is 0 Å². The molecule has 0 saturated heterocycles. The van der Waals surface area contributed by atoms with Gasteiger partial charge in [0.25, 0.3) is 11.8 Å². The van der Waals surface area contributed by atoms with Crippen LogP contribution in [0, 0.1) is 5.92 Å². The third-order valence-electron chi connectivity index (χ3n) is 3.08. The summed E-state index contributed by atoms with van der Waals surface area (Å²) in [4.78, 5) is 26.0. The number of nitrogens with zero attached hydrogens (tertiary/aromatic N) is 1. The van der Waals surface area contributed by atoms with Gasteiger partial charge in [0.15, 0.2) is 0 Å². The predicted molar refractivity (Wildman–Crippen MR) is 80.1 cm³/mol. The van der Waals surface area contributed by atoms with Crippen LogP contribution in [-0.4, -0.2) is 27.7 Å². The summed E-state index contributed by atoms with van der Waals surface area (Å²) in [7, 11) is 0. The molecule has 0 radical (unpaired) electrons. The molecule has 2 rings (SSSR count). The molecule has 1 heterocycles. The molecular formula is C13H13BrN2O2S. The van der Waals surface area contributed by atoms with E-state index in [2.05, 4.69) is 15.9 Å². The van der Waals surface area contributed by atoms with Crippen LogP contribution in [0.25, 0.3) is 0 Å². The Morgan fingerprint density at radius 3 is 2.37 bits per heavy atom. The topological polar surface area (TPSA) is 63.4 Å². The molecule has 0 fully saturated rings. The molecule has 0 bridgehead atoms. The molecule has 0 aromatic heterocycles. The van der Waals surface area contributed by atoms with Crippen molar-refractivity contribution in [3.63, 3.8) is 0 Å². The van der Waals surface area contributed by atoms with Gasteiger partial charge in [-0.3, -0.25) is 14.5 Å². The highest BCUT2D eigenvalue weighted by Gasteiger charge is 2.42. The Hall–Kier alpha value is -1.27. The average molecular weight is 341 g/mol. The van der Waals surface area contributed by atoms with Gasteiger partial charge < -0.3 is 5.73 Å². The van der Waals surface area contributed by atoms with Crippen molar-refractivity contribution in [2.75, 3.05) is 0 Å². The molecule has 19 heavy (non-hydrogen) atoms. The number of carbonyl (C=O) groups excluding carboxylic acids is 2. The third kappa shape index (κ3) is 2.30. The number of carbonyl (C=O) groups is 2. The minimum atomic E-state index is -0.554. The first kappa shape index (κ1) is 14.1. The van der Waals surface area contributed by atoms with Gasteiger partial charge in [0.2, 0.25) is 0 Å². The molecule has 1 atom stereocenters. The van der Waals surface area contributed by atoms with E-state index in [0.29, 0.717) is 11.1 Å². The normalized spacial score (nSPS) is 15.9. The number of benzene rings is 1. The van der Waals surface area contributed by atoms with Crippen LogP contribution in [0.3, 0.4) is 0 Å². The van der Waals surface area contributed by atoms with Crippen molar-refractivity contribution in [3.8, 4) is 0 Å². The highest BCUT2D eigenvalue weighted by atomic mass is 79.9. The minimum Gasteiger partial charge on any atom is -0.392 e. The predicted octanol–water partition coefficient (Wildman–Crippen LogP) is 2.36. The molecule has 0 aliphatic carbocycles. The first-order chi connectivity index (χ1) is 8.84. The van der Waals surface area contributed by atoms with Crippen molar-refractivity contribution in [3.05, 3.63) is 33.8 Å². The average Bonchev–Trinajstić information content (AvgIpc) is 2.53. The second kappa shape index (κ2) is 5.02. The minimum absolute atomic E-state index is 0.0249. The Morgan fingerprint density at radius 2 is 1.84 bits per heavy atom. The van der Waals surface area contributed by atoms with Gasteiger partial charge in [-0.05, 0) is 24.1 Å². The molecule has 0 spiro atoms. The Balaban J connectivity index is 2.50.